The summed E-state index contributed by atoms with van der Waals surface area (Å²) in [6, 6.07) is 2.82. The molecule has 0 aliphatic rings. The first-order chi connectivity index (χ1) is 9.57. The average Bonchev–Trinajstić information content (AvgIpc) is 2.43. The highest BCUT2D eigenvalue weighted by Crippen LogP contribution is 2.21. The average molecular weight is 315 g/mol. The molecule has 1 atom stereocenters. The van der Waals surface area contributed by atoms with Crippen molar-refractivity contribution in [3.63, 3.8) is 0 Å². The van der Waals surface area contributed by atoms with Crippen molar-refractivity contribution in [3.8, 4) is 0 Å². The Bertz CT molecular complexity index is 671. The molecule has 0 aliphatic carbocycles. The largest absolute Gasteiger partial charge is 0.339 e. The summed E-state index contributed by atoms with van der Waals surface area (Å²) < 4.78 is 22.7. The van der Waals surface area contributed by atoms with Gasteiger partial charge in [-0.15, -0.1) is 0 Å². The Labute approximate surface area is 122 Å². The molecule has 1 aromatic rings. The number of nitrogens with zero attached hydrogens (tertiary/aromatic N) is 2. The molecule has 0 saturated heterocycles. The predicted molar refractivity (Wildman–Crippen MR) is 76.3 cm³/mol. The van der Waals surface area contributed by atoms with Crippen LogP contribution in [0.4, 0.5) is 5.69 Å². The number of hydrogen-bond acceptors (Lipinski definition) is 5. The van der Waals surface area contributed by atoms with E-state index in [1.807, 2.05) is 13.8 Å². The van der Waals surface area contributed by atoms with E-state index in [2.05, 4.69) is 0 Å². The molecule has 0 aliphatic heterocycles. The summed E-state index contributed by atoms with van der Waals surface area (Å²) in [5, 5.41) is 15.8. The normalized spacial score (nSPS) is 12.8. The number of sulfonamides is 1. The van der Waals surface area contributed by atoms with Gasteiger partial charge in [-0.2, -0.15) is 0 Å². The Morgan fingerprint density at radius 2 is 2.00 bits per heavy atom. The molecule has 21 heavy (non-hydrogen) atoms. The maximum Gasteiger partial charge on any atom is 0.271 e. The fraction of sp³-hybridized carbons (Fsp3) is 0.417. The number of nitrogens with two attached hydrogens (primary N) is 1. The Balaban J connectivity index is 3.39. The fourth-order valence-corrected chi connectivity index (χ4v) is 2.23. The number of carbonyl (C=O) groups is 1. The Hall–Kier alpha value is -2.00. The quantitative estimate of drug-likeness (QED) is 0.644. The molecule has 0 saturated carbocycles. The highest BCUT2D eigenvalue weighted by Gasteiger charge is 2.22. The molecule has 0 fully saturated rings. The maximum atomic E-state index is 12.3. The van der Waals surface area contributed by atoms with E-state index in [1.165, 1.54) is 4.90 Å². The molecule has 0 spiro atoms. The van der Waals surface area contributed by atoms with E-state index in [0.717, 1.165) is 18.2 Å². The monoisotopic (exact) mass is 315 g/mol. The van der Waals surface area contributed by atoms with Gasteiger partial charge in [0.05, 0.1) is 9.82 Å². The van der Waals surface area contributed by atoms with Crippen molar-refractivity contribution < 1.29 is 18.1 Å². The first-order valence-electron chi connectivity index (χ1n) is 6.17. The number of non-ortho nitro benzene ring substituents is 1. The van der Waals surface area contributed by atoms with Gasteiger partial charge in [0, 0.05) is 30.8 Å². The van der Waals surface area contributed by atoms with E-state index in [-0.39, 0.29) is 11.6 Å². The van der Waals surface area contributed by atoms with Gasteiger partial charge in [0.25, 0.3) is 11.6 Å². The number of benzene rings is 1. The van der Waals surface area contributed by atoms with Crippen LogP contribution in [0.1, 0.15) is 30.6 Å². The summed E-state index contributed by atoms with van der Waals surface area (Å²) in [6.07, 6.45) is 0.694. The lowest BCUT2D eigenvalue weighted by molar-refractivity contribution is -0.385. The number of nitro benzene ring substituents is 1. The van der Waals surface area contributed by atoms with Crippen molar-refractivity contribution in [3.05, 3.63) is 33.9 Å². The molecule has 8 nitrogen and oxygen atoms in total. The SMILES string of the molecule is CCC(C)N(C)C(=O)c1cc([N+](=O)[O-])cc(S(N)(=O)=O)c1. The second-order valence-electron chi connectivity index (χ2n) is 4.69. The zero-order chi connectivity index (χ0) is 16.4. The Kier molecular flexibility index (Phi) is 5.02. The number of hydrogen-bond donors (Lipinski definition) is 1. The van der Waals surface area contributed by atoms with Crippen LogP contribution in [0.15, 0.2) is 23.1 Å². The maximum absolute atomic E-state index is 12.3. The molecule has 1 unspecified atom stereocenters. The van der Waals surface area contributed by atoms with E-state index >= 15 is 0 Å². The first-order valence-corrected chi connectivity index (χ1v) is 7.72. The molecule has 1 rings (SSSR count). The summed E-state index contributed by atoms with van der Waals surface area (Å²) in [5.41, 5.74) is -0.585. The van der Waals surface area contributed by atoms with Crippen molar-refractivity contribution in [1.82, 2.24) is 4.90 Å². The van der Waals surface area contributed by atoms with Crippen molar-refractivity contribution in [2.75, 3.05) is 7.05 Å². The van der Waals surface area contributed by atoms with Crippen LogP contribution in [0.5, 0.6) is 0 Å². The van der Waals surface area contributed by atoms with Crippen molar-refractivity contribution >= 4 is 21.6 Å². The predicted octanol–water partition coefficient (Wildman–Crippen LogP) is 1.11. The van der Waals surface area contributed by atoms with Gasteiger partial charge in [-0.25, -0.2) is 13.6 Å². The highest BCUT2D eigenvalue weighted by molar-refractivity contribution is 7.89. The molecule has 9 heteroatoms. The van der Waals surface area contributed by atoms with Gasteiger partial charge >= 0.3 is 0 Å². The first kappa shape index (κ1) is 17.1. The van der Waals surface area contributed by atoms with E-state index in [4.69, 9.17) is 5.14 Å². The molecular formula is C12H17N3O5S. The van der Waals surface area contributed by atoms with Crippen LogP contribution in [-0.4, -0.2) is 37.2 Å². The molecule has 1 aromatic carbocycles. The topological polar surface area (TPSA) is 124 Å². The minimum Gasteiger partial charge on any atom is -0.339 e. The molecule has 0 aromatic heterocycles. The Morgan fingerprint density at radius 1 is 1.43 bits per heavy atom. The standard InChI is InChI=1S/C12H17N3O5S/c1-4-8(2)14(3)12(16)9-5-10(15(17)18)7-11(6-9)21(13,19)20/h5-8H,4H2,1-3H3,(H2,13,19,20). The zero-order valence-electron chi connectivity index (χ0n) is 11.9. The lowest BCUT2D eigenvalue weighted by Crippen LogP contribution is -2.34. The summed E-state index contributed by atoms with van der Waals surface area (Å²) in [7, 11) is -2.59. The molecule has 2 N–H and O–H groups in total. The van der Waals surface area contributed by atoms with Crippen LogP contribution in [0, 0.1) is 10.1 Å². The van der Waals surface area contributed by atoms with Crippen molar-refractivity contribution in [2.24, 2.45) is 5.14 Å². The van der Waals surface area contributed by atoms with Gasteiger partial charge in [0.2, 0.25) is 10.0 Å². The van der Waals surface area contributed by atoms with Gasteiger partial charge in [0.1, 0.15) is 0 Å². The lowest BCUT2D eigenvalue weighted by Gasteiger charge is -2.23. The van der Waals surface area contributed by atoms with Gasteiger partial charge in [-0.1, -0.05) is 6.92 Å². The molecule has 0 bridgehead atoms. The van der Waals surface area contributed by atoms with Crippen LogP contribution < -0.4 is 5.14 Å². The van der Waals surface area contributed by atoms with Crippen molar-refractivity contribution in [2.45, 2.75) is 31.2 Å². The van der Waals surface area contributed by atoms with E-state index in [9.17, 15) is 23.3 Å². The minimum atomic E-state index is -4.14. The number of primary sulfonamides is 1. The number of rotatable bonds is 5. The van der Waals surface area contributed by atoms with Gasteiger partial charge in [0.15, 0.2) is 0 Å². The minimum absolute atomic E-state index is 0.0870. The zero-order valence-corrected chi connectivity index (χ0v) is 12.8. The second kappa shape index (κ2) is 6.19. The van der Waals surface area contributed by atoms with Crippen molar-refractivity contribution in [1.29, 1.82) is 0 Å². The molecule has 0 heterocycles. The van der Waals surface area contributed by atoms with Gasteiger partial charge < -0.3 is 4.90 Å². The van der Waals surface area contributed by atoms with Crippen LogP contribution in [0.2, 0.25) is 0 Å². The van der Waals surface area contributed by atoms with E-state index in [1.54, 1.807) is 7.05 Å². The molecule has 116 valence electrons. The summed E-state index contributed by atoms with van der Waals surface area (Å²) in [5.74, 6) is -0.502. The molecule has 0 radical (unpaired) electrons. The van der Waals surface area contributed by atoms with Crippen LogP contribution >= 0.6 is 0 Å². The van der Waals surface area contributed by atoms with Crippen LogP contribution in [0.25, 0.3) is 0 Å². The fourth-order valence-electron chi connectivity index (χ4n) is 1.65. The number of nitro groups is 1. The number of amides is 1. The van der Waals surface area contributed by atoms with Crippen LogP contribution in [-0.2, 0) is 10.0 Å². The second-order valence-corrected chi connectivity index (χ2v) is 6.25. The van der Waals surface area contributed by atoms with E-state index < -0.39 is 31.4 Å². The smallest absolute Gasteiger partial charge is 0.271 e. The highest BCUT2D eigenvalue weighted by atomic mass is 32.2. The number of carbonyl (C=O) groups excluding carboxylic acids is 1. The van der Waals surface area contributed by atoms with Gasteiger partial charge in [-0.3, -0.25) is 14.9 Å². The summed E-state index contributed by atoms with van der Waals surface area (Å²) in [4.78, 5) is 23.3. The third-order valence-electron chi connectivity index (χ3n) is 3.25. The summed E-state index contributed by atoms with van der Waals surface area (Å²) in [6.45, 7) is 3.70. The third kappa shape index (κ3) is 3.99. The van der Waals surface area contributed by atoms with Gasteiger partial charge in [-0.05, 0) is 19.4 Å². The molecule has 1 amide bonds. The van der Waals surface area contributed by atoms with E-state index in [0.29, 0.717) is 6.42 Å². The lowest BCUT2D eigenvalue weighted by atomic mass is 10.1. The summed E-state index contributed by atoms with van der Waals surface area (Å²) >= 11 is 0. The third-order valence-corrected chi connectivity index (χ3v) is 4.14. The Morgan fingerprint density at radius 3 is 2.43 bits per heavy atom. The van der Waals surface area contributed by atoms with Crippen LogP contribution in [0.3, 0.4) is 0 Å². The molecular weight excluding hydrogens is 298 g/mol.